The molecular weight excluding hydrogens is 780 g/mol. The van der Waals surface area contributed by atoms with Gasteiger partial charge in [0, 0.05) is 42.8 Å². The number of halogens is 3. The number of fused-ring (bicyclic) bond motifs is 1. The minimum absolute atomic E-state index is 0.0707. The molecule has 0 saturated carbocycles. The summed E-state index contributed by atoms with van der Waals surface area (Å²) < 4.78 is 64.2. The highest BCUT2D eigenvalue weighted by Gasteiger charge is 2.51. The van der Waals surface area contributed by atoms with E-state index in [9.17, 15) is 18.7 Å². The molecule has 58 heavy (non-hydrogen) atoms. The quantitative estimate of drug-likeness (QED) is 0.0929. The van der Waals surface area contributed by atoms with Gasteiger partial charge < -0.3 is 24.6 Å². The summed E-state index contributed by atoms with van der Waals surface area (Å²) in [6.07, 6.45) is -4.74. The number of aliphatic carboxylic acids is 1. The van der Waals surface area contributed by atoms with Crippen LogP contribution in [0.3, 0.4) is 0 Å². The topological polar surface area (TPSA) is 125 Å². The van der Waals surface area contributed by atoms with Crippen molar-refractivity contribution in [3.05, 3.63) is 114 Å². The van der Waals surface area contributed by atoms with Crippen molar-refractivity contribution < 1.29 is 32.2 Å². The molecule has 6 rings (SSSR count). The van der Waals surface area contributed by atoms with E-state index in [-0.39, 0.29) is 35.1 Å². The summed E-state index contributed by atoms with van der Waals surface area (Å²) in [6, 6.07) is 28.0. The maximum Gasteiger partial charge on any atom is 0.320 e. The molecule has 0 amide bonds. The zero-order valence-corrected chi connectivity index (χ0v) is 35.6. The molecule has 306 valence electrons. The zero-order valence-electron chi connectivity index (χ0n) is 33.7. The van der Waals surface area contributed by atoms with Crippen molar-refractivity contribution in [2.45, 2.75) is 84.3 Å². The van der Waals surface area contributed by atoms with Crippen molar-refractivity contribution in [1.29, 1.82) is 0 Å². The van der Waals surface area contributed by atoms with Crippen molar-refractivity contribution in [2.75, 3.05) is 13.7 Å². The van der Waals surface area contributed by atoms with Crippen LogP contribution in [0, 0.1) is 5.41 Å². The second-order valence-electron chi connectivity index (χ2n) is 16.4. The molecule has 3 atom stereocenters. The average molecular weight is 830 g/mol. The molecule has 0 saturated heterocycles. The molecule has 9 nitrogen and oxygen atoms in total. The number of hydrogen-bond acceptors (Lipinski definition) is 8. The van der Waals surface area contributed by atoms with Gasteiger partial charge in [-0.3, -0.25) is 9.78 Å². The molecule has 6 aromatic rings. The van der Waals surface area contributed by atoms with Crippen molar-refractivity contribution in [1.82, 2.24) is 18.9 Å². The molecule has 2 unspecified atom stereocenters. The number of alkyl halides is 3. The van der Waals surface area contributed by atoms with E-state index in [4.69, 9.17) is 14.9 Å². The van der Waals surface area contributed by atoms with Crippen LogP contribution < -0.4 is 16.1 Å². The number of benzene rings is 3. The van der Waals surface area contributed by atoms with Crippen molar-refractivity contribution in [2.24, 2.45) is 11.1 Å². The molecule has 0 aliphatic carbocycles. The lowest BCUT2D eigenvalue weighted by Crippen LogP contribution is -2.67. The van der Waals surface area contributed by atoms with E-state index >= 15 is 4.39 Å². The van der Waals surface area contributed by atoms with Crippen LogP contribution in [0.2, 0.25) is 5.04 Å². The van der Waals surface area contributed by atoms with Crippen LogP contribution in [0.5, 0.6) is 0 Å². The maximum atomic E-state index is 16.3. The number of aromatic nitrogens is 4. The van der Waals surface area contributed by atoms with Crippen LogP contribution in [0.15, 0.2) is 97.2 Å². The molecule has 3 aromatic carbocycles. The van der Waals surface area contributed by atoms with E-state index in [0.717, 1.165) is 26.5 Å². The SMILES string of the molecule is CO[C@@H](C)c1ncccc1-c1c(CC(C)(C)CO[Si](c2ccccc2)(c2ccccc2)C(C)(C)C)c2cc(-c3nc(CC(N)C(=O)O)ns3)ccc2n1C(F)C(F)F. The Morgan fingerprint density at radius 3 is 2.16 bits per heavy atom. The highest BCUT2D eigenvalue weighted by molar-refractivity contribution is 7.09. The second-order valence-corrected chi connectivity index (χ2v) is 21.5. The predicted molar refractivity (Wildman–Crippen MR) is 226 cm³/mol. The Bertz CT molecular complexity index is 2310. The number of nitrogens with two attached hydrogens (primary N) is 1. The number of hydrogen-bond donors (Lipinski definition) is 2. The number of nitrogens with zero attached hydrogens (tertiary/aromatic N) is 4. The molecule has 0 spiro atoms. The Morgan fingerprint density at radius 1 is 0.948 bits per heavy atom. The molecule has 0 fully saturated rings. The summed E-state index contributed by atoms with van der Waals surface area (Å²) in [5.74, 6) is -0.902. The van der Waals surface area contributed by atoms with Crippen molar-refractivity contribution >= 4 is 47.1 Å². The second kappa shape index (κ2) is 17.2. The highest BCUT2D eigenvalue weighted by atomic mass is 32.1. The Balaban J connectivity index is 1.55. The van der Waals surface area contributed by atoms with Gasteiger partial charge in [0.05, 0.1) is 23.0 Å². The van der Waals surface area contributed by atoms with Crippen LogP contribution in [-0.4, -0.2) is 64.5 Å². The molecule has 3 heterocycles. The normalized spacial score (nSPS) is 14.2. The lowest BCUT2D eigenvalue weighted by atomic mass is 9.84. The number of carboxylic acid groups (broad SMARTS) is 1. The number of carboxylic acids is 1. The summed E-state index contributed by atoms with van der Waals surface area (Å²) in [6.45, 7) is 12.9. The van der Waals surface area contributed by atoms with Crippen LogP contribution in [0.25, 0.3) is 32.7 Å². The number of methoxy groups -OCH3 is 1. The van der Waals surface area contributed by atoms with Gasteiger partial charge in [-0.1, -0.05) is 95.3 Å². The fraction of sp³-hybridized carbons (Fsp3) is 0.364. The third-order valence-corrected chi connectivity index (χ3v) is 16.4. The predicted octanol–water partition coefficient (Wildman–Crippen LogP) is 8.76. The molecule has 0 aliphatic rings. The Kier molecular flexibility index (Phi) is 12.7. The largest absolute Gasteiger partial charge is 0.480 e. The minimum Gasteiger partial charge on any atom is -0.480 e. The van der Waals surface area contributed by atoms with Gasteiger partial charge in [0.2, 0.25) is 6.30 Å². The third-order valence-electron chi connectivity index (χ3n) is 10.6. The van der Waals surface area contributed by atoms with Crippen LogP contribution >= 0.6 is 11.5 Å². The molecule has 3 aromatic heterocycles. The van der Waals surface area contributed by atoms with Gasteiger partial charge in [-0.2, -0.15) is 4.37 Å². The summed E-state index contributed by atoms with van der Waals surface area (Å²) >= 11 is 1.07. The van der Waals surface area contributed by atoms with E-state index in [2.05, 4.69) is 73.2 Å². The number of ether oxygens (including phenoxy) is 1. The van der Waals surface area contributed by atoms with Gasteiger partial charge >= 0.3 is 5.97 Å². The molecular formula is C44H50F3N5O4SSi. The summed E-state index contributed by atoms with van der Waals surface area (Å²) in [5, 5.41) is 12.3. The van der Waals surface area contributed by atoms with Crippen molar-refractivity contribution in [3.8, 4) is 21.8 Å². The van der Waals surface area contributed by atoms with Crippen molar-refractivity contribution in [3.63, 3.8) is 0 Å². The lowest BCUT2D eigenvalue weighted by molar-refractivity contribution is -0.138. The van der Waals surface area contributed by atoms with E-state index in [1.54, 1.807) is 30.5 Å². The standard InChI is InChI=1S/C44H50F3N5O4SSi/c1-27(55-7)37-31(19-14-22-49-37)38-33(25-44(5,6)26-56-58(43(2,3)4,29-15-10-8-11-16-29)30-17-12-9-13-18-30)32-23-28(20-21-35(32)52(38)40(47)39(45)46)41-50-36(51-57-41)24-34(48)42(53)54/h8-23,27,34,39-40H,24-26,48H2,1-7H3,(H,53,54)/t27-,34?,40?/m0/s1. The molecule has 0 aliphatic heterocycles. The van der Waals surface area contributed by atoms with Gasteiger partial charge in [0.25, 0.3) is 14.7 Å². The fourth-order valence-electron chi connectivity index (χ4n) is 7.74. The lowest BCUT2D eigenvalue weighted by Gasteiger charge is -2.44. The fourth-order valence-corrected chi connectivity index (χ4v) is 13.2. The Labute approximate surface area is 342 Å². The summed E-state index contributed by atoms with van der Waals surface area (Å²) in [4.78, 5) is 20.6. The number of pyridine rings is 1. The Hall–Kier alpha value is -4.73. The van der Waals surface area contributed by atoms with Crippen LogP contribution in [0.4, 0.5) is 13.2 Å². The molecule has 3 N–H and O–H groups in total. The first-order valence-electron chi connectivity index (χ1n) is 19.1. The van der Waals surface area contributed by atoms with E-state index in [1.165, 1.54) is 7.11 Å². The number of carbonyl (C=O) groups is 1. The highest BCUT2D eigenvalue weighted by Crippen LogP contribution is 2.45. The van der Waals surface area contributed by atoms with Gasteiger partial charge in [-0.25, -0.2) is 18.2 Å². The van der Waals surface area contributed by atoms with Gasteiger partial charge in [-0.15, -0.1) is 0 Å². The molecule has 0 bridgehead atoms. The molecule has 0 radical (unpaired) electrons. The first-order valence-corrected chi connectivity index (χ1v) is 21.8. The van der Waals surface area contributed by atoms with E-state index in [1.807, 2.05) is 49.4 Å². The third kappa shape index (κ3) is 8.53. The first kappa shape index (κ1) is 42.9. The average Bonchev–Trinajstić information content (AvgIpc) is 3.79. The monoisotopic (exact) mass is 829 g/mol. The zero-order chi connectivity index (χ0) is 42.0. The minimum atomic E-state index is -3.34. The summed E-state index contributed by atoms with van der Waals surface area (Å²) in [7, 11) is -1.45. The van der Waals surface area contributed by atoms with E-state index in [0.29, 0.717) is 39.2 Å². The van der Waals surface area contributed by atoms with E-state index < -0.39 is 44.6 Å². The van der Waals surface area contributed by atoms with Gasteiger partial charge in [0.1, 0.15) is 16.9 Å². The number of rotatable bonds is 16. The molecule has 14 heteroatoms. The van der Waals surface area contributed by atoms with Gasteiger partial charge in [0.15, 0.2) is 0 Å². The first-order chi connectivity index (χ1) is 27.5. The van der Waals surface area contributed by atoms with Gasteiger partial charge in [-0.05, 0) is 81.6 Å². The summed E-state index contributed by atoms with van der Waals surface area (Å²) in [5.41, 5.74) is 7.85. The Morgan fingerprint density at radius 2 is 1.59 bits per heavy atom. The smallest absolute Gasteiger partial charge is 0.320 e. The maximum absolute atomic E-state index is 16.3. The van der Waals surface area contributed by atoms with Crippen LogP contribution in [0.1, 0.15) is 71.0 Å². The van der Waals surface area contributed by atoms with Crippen LogP contribution in [-0.2, 0) is 26.8 Å².